The van der Waals surface area contributed by atoms with Crippen molar-refractivity contribution in [1.29, 1.82) is 0 Å². The molecule has 3 N–H and O–H groups in total. The van der Waals surface area contributed by atoms with Crippen molar-refractivity contribution in [3.63, 3.8) is 0 Å². The van der Waals surface area contributed by atoms with E-state index in [1.54, 1.807) is 7.05 Å². The van der Waals surface area contributed by atoms with Crippen molar-refractivity contribution in [3.8, 4) is 0 Å². The minimum Gasteiger partial charge on any atom is -0.356 e. The minimum atomic E-state index is 0.0336. The van der Waals surface area contributed by atoms with E-state index >= 15 is 0 Å². The first-order valence-corrected chi connectivity index (χ1v) is 9.95. The Labute approximate surface area is 164 Å². The molecule has 0 aliphatic rings. The lowest BCUT2D eigenvalue weighted by molar-refractivity contribution is -0.121. The molecule has 1 amide bonds. The molecule has 0 saturated carbocycles. The molecule has 0 radical (unpaired) electrons. The normalized spacial score (nSPS) is 11.9. The molecular formula is C21H37N5O. The molecule has 0 unspecified atom stereocenters. The van der Waals surface area contributed by atoms with Crippen LogP contribution >= 0.6 is 0 Å². The van der Waals surface area contributed by atoms with E-state index in [-0.39, 0.29) is 5.91 Å². The Kier molecular flexibility index (Phi) is 11.2. The number of guanidine groups is 1. The lowest BCUT2D eigenvalue weighted by Gasteiger charge is -2.30. The van der Waals surface area contributed by atoms with Crippen LogP contribution in [0.1, 0.15) is 46.1 Å². The molecule has 0 aliphatic carbocycles. The summed E-state index contributed by atoms with van der Waals surface area (Å²) < 4.78 is 0. The standard InChI is InChI=1S/C21H37N5O/c1-17(2)26(18(3)4)15-9-13-23-21(22-5)24-14-12-20(27)25-16-19-10-7-6-8-11-19/h6-8,10-11,17-18H,9,12-16H2,1-5H3,(H,25,27)(H2,22,23,24). The maximum absolute atomic E-state index is 11.9. The molecule has 0 saturated heterocycles. The molecule has 1 rings (SSSR count). The fraction of sp³-hybridized carbons (Fsp3) is 0.619. The molecule has 6 heteroatoms. The van der Waals surface area contributed by atoms with Gasteiger partial charge in [0.1, 0.15) is 0 Å². The Hall–Kier alpha value is -2.08. The van der Waals surface area contributed by atoms with Gasteiger partial charge in [-0.2, -0.15) is 0 Å². The van der Waals surface area contributed by atoms with E-state index in [1.165, 1.54) is 0 Å². The number of benzene rings is 1. The van der Waals surface area contributed by atoms with Crippen LogP contribution in [-0.2, 0) is 11.3 Å². The monoisotopic (exact) mass is 375 g/mol. The van der Waals surface area contributed by atoms with Gasteiger partial charge in [-0.25, -0.2) is 0 Å². The van der Waals surface area contributed by atoms with Crippen LogP contribution in [0, 0.1) is 0 Å². The number of amides is 1. The summed E-state index contributed by atoms with van der Waals surface area (Å²) in [4.78, 5) is 18.6. The molecule has 0 aliphatic heterocycles. The third-order valence-electron chi connectivity index (χ3n) is 4.41. The zero-order valence-electron chi connectivity index (χ0n) is 17.6. The van der Waals surface area contributed by atoms with Crippen molar-refractivity contribution in [2.24, 2.45) is 4.99 Å². The number of carbonyl (C=O) groups is 1. The minimum absolute atomic E-state index is 0.0336. The van der Waals surface area contributed by atoms with Gasteiger partial charge < -0.3 is 16.0 Å². The number of rotatable bonds is 11. The maximum atomic E-state index is 11.9. The predicted octanol–water partition coefficient (Wildman–Crippen LogP) is 2.37. The number of nitrogens with one attached hydrogen (secondary N) is 3. The first kappa shape index (κ1) is 23.0. The molecule has 1 aromatic rings. The molecule has 0 atom stereocenters. The number of hydrogen-bond acceptors (Lipinski definition) is 3. The molecular weight excluding hydrogens is 338 g/mol. The van der Waals surface area contributed by atoms with E-state index in [0.29, 0.717) is 31.6 Å². The summed E-state index contributed by atoms with van der Waals surface area (Å²) in [5.74, 6) is 0.776. The van der Waals surface area contributed by atoms with Crippen molar-refractivity contribution in [3.05, 3.63) is 35.9 Å². The summed E-state index contributed by atoms with van der Waals surface area (Å²) in [6, 6.07) is 11.0. The van der Waals surface area contributed by atoms with Crippen LogP contribution in [0.25, 0.3) is 0 Å². The van der Waals surface area contributed by atoms with E-state index in [0.717, 1.165) is 31.0 Å². The van der Waals surface area contributed by atoms with E-state index in [1.807, 2.05) is 30.3 Å². The fourth-order valence-corrected chi connectivity index (χ4v) is 2.98. The summed E-state index contributed by atoms with van der Waals surface area (Å²) >= 11 is 0. The summed E-state index contributed by atoms with van der Waals surface area (Å²) in [7, 11) is 1.75. The van der Waals surface area contributed by atoms with E-state index in [9.17, 15) is 4.79 Å². The van der Waals surface area contributed by atoms with Gasteiger partial charge in [0.15, 0.2) is 5.96 Å². The van der Waals surface area contributed by atoms with Gasteiger partial charge in [-0.05, 0) is 39.7 Å². The topological polar surface area (TPSA) is 68.8 Å². The first-order valence-electron chi connectivity index (χ1n) is 9.95. The van der Waals surface area contributed by atoms with Crippen LogP contribution in [0.15, 0.2) is 35.3 Å². The Bertz CT molecular complexity index is 549. The van der Waals surface area contributed by atoms with Gasteiger partial charge in [0.2, 0.25) is 5.91 Å². The zero-order chi connectivity index (χ0) is 20.1. The average Bonchev–Trinajstić information content (AvgIpc) is 2.64. The van der Waals surface area contributed by atoms with Crippen molar-refractivity contribution in [1.82, 2.24) is 20.9 Å². The van der Waals surface area contributed by atoms with E-state index < -0.39 is 0 Å². The molecule has 152 valence electrons. The highest BCUT2D eigenvalue weighted by Gasteiger charge is 2.12. The van der Waals surface area contributed by atoms with Crippen molar-refractivity contribution in [2.75, 3.05) is 26.7 Å². The van der Waals surface area contributed by atoms with Crippen LogP contribution in [0.4, 0.5) is 0 Å². The van der Waals surface area contributed by atoms with Crippen LogP contribution < -0.4 is 16.0 Å². The maximum Gasteiger partial charge on any atom is 0.222 e. The fourth-order valence-electron chi connectivity index (χ4n) is 2.98. The molecule has 0 fully saturated rings. The Morgan fingerprint density at radius 3 is 2.22 bits per heavy atom. The van der Waals surface area contributed by atoms with Crippen LogP contribution in [0.2, 0.25) is 0 Å². The second kappa shape index (κ2) is 13.1. The van der Waals surface area contributed by atoms with Crippen LogP contribution in [0.3, 0.4) is 0 Å². The van der Waals surface area contributed by atoms with E-state index in [2.05, 4.69) is 53.5 Å². The van der Waals surface area contributed by atoms with Gasteiger partial charge in [0, 0.05) is 51.7 Å². The summed E-state index contributed by atoms with van der Waals surface area (Å²) in [6.07, 6.45) is 1.47. The highest BCUT2D eigenvalue weighted by atomic mass is 16.1. The highest BCUT2D eigenvalue weighted by molar-refractivity contribution is 5.81. The Balaban J connectivity index is 2.17. The molecule has 27 heavy (non-hydrogen) atoms. The number of aliphatic imine (C=N–C) groups is 1. The highest BCUT2D eigenvalue weighted by Crippen LogP contribution is 2.05. The zero-order valence-corrected chi connectivity index (χ0v) is 17.6. The Morgan fingerprint density at radius 2 is 1.63 bits per heavy atom. The molecule has 0 aromatic heterocycles. The molecule has 0 bridgehead atoms. The number of hydrogen-bond donors (Lipinski definition) is 3. The van der Waals surface area contributed by atoms with Gasteiger partial charge in [0.05, 0.1) is 0 Å². The lowest BCUT2D eigenvalue weighted by atomic mass is 10.2. The smallest absolute Gasteiger partial charge is 0.222 e. The SMILES string of the molecule is CN=C(NCCCN(C(C)C)C(C)C)NCCC(=O)NCc1ccccc1. The van der Waals surface area contributed by atoms with Gasteiger partial charge in [0.25, 0.3) is 0 Å². The quantitative estimate of drug-likeness (QED) is 0.316. The second-order valence-corrected chi connectivity index (χ2v) is 7.22. The molecule has 0 spiro atoms. The Morgan fingerprint density at radius 1 is 1.00 bits per heavy atom. The third-order valence-corrected chi connectivity index (χ3v) is 4.41. The molecule has 1 aromatic carbocycles. The molecule has 6 nitrogen and oxygen atoms in total. The largest absolute Gasteiger partial charge is 0.356 e. The third kappa shape index (κ3) is 9.99. The molecule has 0 heterocycles. The number of carbonyl (C=O) groups excluding carboxylic acids is 1. The van der Waals surface area contributed by atoms with Crippen LogP contribution in [0.5, 0.6) is 0 Å². The van der Waals surface area contributed by atoms with Crippen molar-refractivity contribution in [2.45, 2.75) is 59.2 Å². The van der Waals surface area contributed by atoms with Gasteiger partial charge in [-0.1, -0.05) is 30.3 Å². The summed E-state index contributed by atoms with van der Waals surface area (Å²) in [6.45, 7) is 12.0. The van der Waals surface area contributed by atoms with Gasteiger partial charge >= 0.3 is 0 Å². The lowest BCUT2D eigenvalue weighted by Crippen LogP contribution is -2.42. The van der Waals surface area contributed by atoms with Gasteiger partial charge in [-0.15, -0.1) is 0 Å². The average molecular weight is 376 g/mol. The second-order valence-electron chi connectivity index (χ2n) is 7.22. The predicted molar refractivity (Wildman–Crippen MR) is 114 cm³/mol. The van der Waals surface area contributed by atoms with Crippen LogP contribution in [-0.4, -0.2) is 55.5 Å². The number of nitrogens with zero attached hydrogens (tertiary/aromatic N) is 2. The van der Waals surface area contributed by atoms with Crippen molar-refractivity contribution < 1.29 is 4.79 Å². The van der Waals surface area contributed by atoms with E-state index in [4.69, 9.17) is 0 Å². The summed E-state index contributed by atoms with van der Waals surface area (Å²) in [5, 5.41) is 9.44. The van der Waals surface area contributed by atoms with Gasteiger partial charge in [-0.3, -0.25) is 14.7 Å². The van der Waals surface area contributed by atoms with Crippen molar-refractivity contribution >= 4 is 11.9 Å². The first-order chi connectivity index (χ1) is 12.9. The summed E-state index contributed by atoms with van der Waals surface area (Å²) in [5.41, 5.74) is 1.10.